The largest absolute Gasteiger partial charge is 0.272 e. The Morgan fingerprint density at radius 3 is 1.97 bits per heavy atom. The Kier molecular flexibility index (Phi) is 6.00. The van der Waals surface area contributed by atoms with Crippen molar-refractivity contribution in [3.63, 3.8) is 0 Å². The van der Waals surface area contributed by atoms with Gasteiger partial charge in [0.15, 0.2) is 12.4 Å². The van der Waals surface area contributed by atoms with Crippen molar-refractivity contribution in [3.05, 3.63) is 138 Å². The van der Waals surface area contributed by atoms with Crippen LogP contribution in [-0.2, 0) is 6.54 Å². The lowest BCUT2D eigenvalue weighted by atomic mass is 10.1. The number of aryl methyl sites for hydroxylation is 1. The SMILES string of the molecule is Cc1ccc(C(N(Cc2ccccc2)C(=O)c2ccccc2)[n+]2ccccc2)cc1. The molecule has 0 saturated carbocycles. The number of pyridine rings is 1. The van der Waals surface area contributed by atoms with Gasteiger partial charge in [-0.15, -0.1) is 0 Å². The maximum absolute atomic E-state index is 13.7. The van der Waals surface area contributed by atoms with E-state index in [0.717, 1.165) is 11.1 Å². The third-order valence-corrected chi connectivity index (χ3v) is 5.17. The third kappa shape index (κ3) is 4.47. The highest BCUT2D eigenvalue weighted by molar-refractivity contribution is 5.94. The molecule has 0 aliphatic rings. The van der Waals surface area contributed by atoms with Crippen molar-refractivity contribution in [1.82, 2.24) is 4.90 Å². The molecule has 1 atom stereocenters. The Morgan fingerprint density at radius 2 is 1.33 bits per heavy atom. The fraction of sp³-hybridized carbons (Fsp3) is 0.111. The second-order valence-electron chi connectivity index (χ2n) is 7.39. The van der Waals surface area contributed by atoms with Crippen LogP contribution in [0.4, 0.5) is 0 Å². The van der Waals surface area contributed by atoms with Crippen molar-refractivity contribution >= 4 is 5.91 Å². The first-order chi connectivity index (χ1) is 14.7. The predicted octanol–water partition coefficient (Wildman–Crippen LogP) is 5.17. The smallest absolute Gasteiger partial charge is 0.262 e. The van der Waals surface area contributed by atoms with Crippen LogP contribution in [0.25, 0.3) is 0 Å². The van der Waals surface area contributed by atoms with Gasteiger partial charge in [0.25, 0.3) is 12.1 Å². The Bertz CT molecular complexity index is 1080. The molecule has 3 heteroatoms. The van der Waals surface area contributed by atoms with Gasteiger partial charge in [0.2, 0.25) is 0 Å². The van der Waals surface area contributed by atoms with Gasteiger partial charge >= 0.3 is 0 Å². The predicted molar refractivity (Wildman–Crippen MR) is 119 cm³/mol. The first kappa shape index (κ1) is 19.6. The lowest BCUT2D eigenvalue weighted by Gasteiger charge is -2.28. The highest BCUT2D eigenvalue weighted by atomic mass is 16.2. The summed E-state index contributed by atoms with van der Waals surface area (Å²) in [5.74, 6) is 0.00128. The number of rotatable bonds is 6. The van der Waals surface area contributed by atoms with Crippen molar-refractivity contribution in [2.45, 2.75) is 19.6 Å². The number of carbonyl (C=O) groups is 1. The molecule has 1 amide bonds. The van der Waals surface area contributed by atoms with E-state index in [1.54, 1.807) is 0 Å². The van der Waals surface area contributed by atoms with Gasteiger partial charge in [0, 0.05) is 23.3 Å². The molecule has 0 N–H and O–H groups in total. The number of benzene rings is 3. The third-order valence-electron chi connectivity index (χ3n) is 5.17. The molecule has 1 heterocycles. The molecule has 0 spiro atoms. The molecule has 0 saturated heterocycles. The second kappa shape index (κ2) is 9.19. The molecule has 0 radical (unpaired) electrons. The van der Waals surface area contributed by atoms with E-state index in [2.05, 4.69) is 47.9 Å². The van der Waals surface area contributed by atoms with Crippen LogP contribution in [0.2, 0.25) is 0 Å². The molecule has 30 heavy (non-hydrogen) atoms. The van der Waals surface area contributed by atoms with E-state index in [9.17, 15) is 4.79 Å². The first-order valence-corrected chi connectivity index (χ1v) is 10.1. The Hall–Kier alpha value is -3.72. The molecule has 4 rings (SSSR count). The lowest BCUT2D eigenvalue weighted by molar-refractivity contribution is -0.731. The van der Waals surface area contributed by atoms with Gasteiger partial charge in [-0.3, -0.25) is 9.69 Å². The quantitative estimate of drug-likeness (QED) is 0.415. The van der Waals surface area contributed by atoms with Gasteiger partial charge in [-0.25, -0.2) is 0 Å². The molecule has 4 aromatic rings. The fourth-order valence-corrected chi connectivity index (χ4v) is 3.62. The zero-order valence-electron chi connectivity index (χ0n) is 17.1. The van der Waals surface area contributed by atoms with Gasteiger partial charge < -0.3 is 0 Å². The summed E-state index contributed by atoms with van der Waals surface area (Å²) in [5, 5.41) is 0. The molecular weight excluding hydrogens is 368 g/mol. The van der Waals surface area contributed by atoms with Crippen LogP contribution in [0.1, 0.15) is 33.2 Å². The maximum atomic E-state index is 13.7. The highest BCUT2D eigenvalue weighted by Gasteiger charge is 2.33. The average molecular weight is 394 g/mol. The van der Waals surface area contributed by atoms with Crippen LogP contribution in [0.15, 0.2) is 116 Å². The summed E-state index contributed by atoms with van der Waals surface area (Å²) in [5.41, 5.74) is 4.04. The summed E-state index contributed by atoms with van der Waals surface area (Å²) in [6, 6.07) is 34.0. The number of carbonyl (C=O) groups excluding carboxylic acids is 1. The van der Waals surface area contributed by atoms with Crippen LogP contribution in [0.3, 0.4) is 0 Å². The molecule has 1 aromatic heterocycles. The normalized spacial score (nSPS) is 11.6. The van der Waals surface area contributed by atoms with E-state index in [1.165, 1.54) is 5.56 Å². The molecule has 3 aromatic carbocycles. The van der Waals surface area contributed by atoms with Crippen molar-refractivity contribution in [3.8, 4) is 0 Å². The Labute approximate surface area is 177 Å². The van der Waals surface area contributed by atoms with Crippen molar-refractivity contribution in [1.29, 1.82) is 0 Å². The van der Waals surface area contributed by atoms with E-state index < -0.39 is 0 Å². The molecule has 0 fully saturated rings. The van der Waals surface area contributed by atoms with Gasteiger partial charge in [-0.05, 0) is 24.6 Å². The van der Waals surface area contributed by atoms with Crippen LogP contribution in [0, 0.1) is 6.92 Å². The van der Waals surface area contributed by atoms with Gasteiger partial charge in [-0.1, -0.05) is 84.4 Å². The number of hydrogen-bond acceptors (Lipinski definition) is 1. The Balaban J connectivity index is 1.83. The number of hydrogen-bond donors (Lipinski definition) is 0. The Morgan fingerprint density at radius 1 is 0.767 bits per heavy atom. The minimum absolute atomic E-state index is 0.00128. The molecule has 3 nitrogen and oxygen atoms in total. The van der Waals surface area contributed by atoms with E-state index in [1.807, 2.05) is 84.0 Å². The summed E-state index contributed by atoms with van der Waals surface area (Å²) in [6.45, 7) is 2.58. The zero-order valence-corrected chi connectivity index (χ0v) is 17.1. The van der Waals surface area contributed by atoms with E-state index in [4.69, 9.17) is 0 Å². The molecule has 148 valence electrons. The van der Waals surface area contributed by atoms with E-state index in [0.29, 0.717) is 12.1 Å². The molecule has 1 unspecified atom stereocenters. The van der Waals surface area contributed by atoms with Crippen molar-refractivity contribution in [2.75, 3.05) is 0 Å². The van der Waals surface area contributed by atoms with Gasteiger partial charge in [-0.2, -0.15) is 4.57 Å². The molecule has 0 bridgehead atoms. The van der Waals surface area contributed by atoms with Crippen molar-refractivity contribution in [2.24, 2.45) is 0 Å². The summed E-state index contributed by atoms with van der Waals surface area (Å²) < 4.78 is 2.09. The van der Waals surface area contributed by atoms with Crippen LogP contribution < -0.4 is 4.57 Å². The highest BCUT2D eigenvalue weighted by Crippen LogP contribution is 2.23. The lowest BCUT2D eigenvalue weighted by Crippen LogP contribution is -2.51. The minimum atomic E-state index is -0.264. The van der Waals surface area contributed by atoms with Crippen LogP contribution >= 0.6 is 0 Å². The van der Waals surface area contributed by atoms with Gasteiger partial charge in [0.1, 0.15) is 0 Å². The standard InChI is InChI=1S/C27H25N2O/c1-22-15-17-24(18-16-22)26(28-19-9-4-10-20-28)29(21-23-11-5-2-6-12-23)27(30)25-13-7-3-8-14-25/h2-20,26H,21H2,1H3/q+1. The van der Waals surface area contributed by atoms with Crippen LogP contribution in [0.5, 0.6) is 0 Å². The topological polar surface area (TPSA) is 24.2 Å². The summed E-state index contributed by atoms with van der Waals surface area (Å²) >= 11 is 0. The molecular formula is C27H25N2O+. The second-order valence-corrected chi connectivity index (χ2v) is 7.39. The molecule has 0 aliphatic carbocycles. The molecule has 0 aliphatic heterocycles. The number of amides is 1. The zero-order chi connectivity index (χ0) is 20.8. The summed E-state index contributed by atoms with van der Waals surface area (Å²) in [4.78, 5) is 15.7. The monoisotopic (exact) mass is 393 g/mol. The van der Waals surface area contributed by atoms with E-state index in [-0.39, 0.29) is 12.1 Å². The van der Waals surface area contributed by atoms with Crippen LogP contribution in [-0.4, -0.2) is 10.8 Å². The van der Waals surface area contributed by atoms with E-state index >= 15 is 0 Å². The number of nitrogens with zero attached hydrogens (tertiary/aromatic N) is 2. The van der Waals surface area contributed by atoms with Crippen molar-refractivity contribution < 1.29 is 9.36 Å². The maximum Gasteiger partial charge on any atom is 0.262 e. The van der Waals surface area contributed by atoms with Gasteiger partial charge in [0.05, 0.1) is 6.54 Å². The minimum Gasteiger partial charge on any atom is -0.272 e. The summed E-state index contributed by atoms with van der Waals surface area (Å²) in [7, 11) is 0. The fourth-order valence-electron chi connectivity index (χ4n) is 3.62. The first-order valence-electron chi connectivity index (χ1n) is 10.1. The average Bonchev–Trinajstić information content (AvgIpc) is 2.81. The number of aromatic nitrogens is 1. The summed E-state index contributed by atoms with van der Waals surface area (Å²) in [6.07, 6.45) is 3.77.